The van der Waals surface area contributed by atoms with Crippen LogP contribution in [0.4, 0.5) is 0 Å². The van der Waals surface area contributed by atoms with Crippen molar-refractivity contribution in [3.8, 4) is 0 Å². The molecule has 1 atom stereocenters. The molecule has 0 heterocycles. The maximum atomic E-state index is 4.43. The van der Waals surface area contributed by atoms with Crippen molar-refractivity contribution in [1.29, 1.82) is 0 Å². The van der Waals surface area contributed by atoms with Crippen LogP contribution in [-0.4, -0.2) is 5.25 Å². The third-order valence-electron chi connectivity index (χ3n) is 2.12. The molecule has 0 fully saturated rings. The van der Waals surface area contributed by atoms with Crippen LogP contribution in [0.1, 0.15) is 33.1 Å². The quantitative estimate of drug-likeness (QED) is 0.390. The summed E-state index contributed by atoms with van der Waals surface area (Å²) in [4.78, 5) is 0. The van der Waals surface area contributed by atoms with E-state index in [0.29, 0.717) is 5.25 Å². The fourth-order valence-corrected chi connectivity index (χ4v) is 1.63. The van der Waals surface area contributed by atoms with Crippen LogP contribution in [0, 0.1) is 0 Å². The molecule has 1 aliphatic carbocycles. The Morgan fingerprint density at radius 3 is 2.44 bits per heavy atom. The number of rotatable bonds is 0. The summed E-state index contributed by atoms with van der Waals surface area (Å²) in [6.45, 7) is 4.45. The van der Waals surface area contributed by atoms with Gasteiger partial charge in [0.2, 0.25) is 0 Å². The van der Waals surface area contributed by atoms with Crippen molar-refractivity contribution in [2.45, 2.75) is 38.4 Å². The second-order valence-electron chi connectivity index (χ2n) is 2.96. The highest BCUT2D eigenvalue weighted by Crippen LogP contribution is 2.26. The number of thiol groups is 1. The molecular formula is C8H14S. The van der Waals surface area contributed by atoms with Crippen molar-refractivity contribution in [3.05, 3.63) is 11.1 Å². The van der Waals surface area contributed by atoms with Gasteiger partial charge in [0.15, 0.2) is 0 Å². The average molecular weight is 142 g/mol. The van der Waals surface area contributed by atoms with Crippen LogP contribution in [0.5, 0.6) is 0 Å². The normalized spacial score (nSPS) is 29.0. The summed E-state index contributed by atoms with van der Waals surface area (Å²) in [5.74, 6) is 0. The van der Waals surface area contributed by atoms with E-state index in [0.717, 1.165) is 0 Å². The first-order valence-electron chi connectivity index (χ1n) is 3.53. The molecule has 52 valence electrons. The van der Waals surface area contributed by atoms with E-state index in [1.165, 1.54) is 19.3 Å². The fraction of sp³-hybridized carbons (Fsp3) is 0.750. The van der Waals surface area contributed by atoms with E-state index < -0.39 is 0 Å². The van der Waals surface area contributed by atoms with Crippen LogP contribution in [0.2, 0.25) is 0 Å². The Morgan fingerprint density at radius 1 is 1.33 bits per heavy atom. The first-order valence-corrected chi connectivity index (χ1v) is 4.05. The van der Waals surface area contributed by atoms with Crippen molar-refractivity contribution >= 4 is 12.6 Å². The summed E-state index contributed by atoms with van der Waals surface area (Å²) in [7, 11) is 0. The molecule has 0 saturated heterocycles. The average Bonchev–Trinajstić information content (AvgIpc) is 1.80. The molecule has 0 radical (unpaired) electrons. The van der Waals surface area contributed by atoms with E-state index in [1.807, 2.05) is 0 Å². The minimum atomic E-state index is 0.633. The zero-order valence-electron chi connectivity index (χ0n) is 6.15. The van der Waals surface area contributed by atoms with Crippen LogP contribution in [0.25, 0.3) is 0 Å². The molecule has 1 heteroatoms. The lowest BCUT2D eigenvalue weighted by Gasteiger charge is -2.19. The highest BCUT2D eigenvalue weighted by atomic mass is 32.1. The Hall–Kier alpha value is 0.0900. The molecule has 0 amide bonds. The highest BCUT2D eigenvalue weighted by Gasteiger charge is 2.11. The molecule has 1 unspecified atom stereocenters. The van der Waals surface area contributed by atoms with Crippen LogP contribution in [0.3, 0.4) is 0 Å². The maximum absolute atomic E-state index is 4.43. The fourth-order valence-electron chi connectivity index (χ4n) is 1.23. The summed E-state index contributed by atoms with van der Waals surface area (Å²) < 4.78 is 0. The minimum Gasteiger partial charge on any atom is -0.176 e. The molecule has 1 rings (SSSR count). The lowest BCUT2D eigenvalue weighted by molar-refractivity contribution is 0.692. The van der Waals surface area contributed by atoms with E-state index in [2.05, 4.69) is 26.5 Å². The van der Waals surface area contributed by atoms with Gasteiger partial charge in [-0.1, -0.05) is 11.1 Å². The lowest BCUT2D eigenvalue weighted by Crippen LogP contribution is -2.06. The molecule has 0 N–H and O–H groups in total. The van der Waals surface area contributed by atoms with Crippen LogP contribution >= 0.6 is 12.6 Å². The van der Waals surface area contributed by atoms with Gasteiger partial charge in [-0.25, -0.2) is 0 Å². The van der Waals surface area contributed by atoms with E-state index in [9.17, 15) is 0 Å². The Balaban J connectivity index is 2.61. The van der Waals surface area contributed by atoms with Crippen LogP contribution < -0.4 is 0 Å². The standard InChI is InChI=1S/C8H14S/c1-6-3-4-8(9)5-7(6)2/h8-9H,3-5H2,1-2H3. The van der Waals surface area contributed by atoms with E-state index >= 15 is 0 Å². The van der Waals surface area contributed by atoms with Crippen molar-refractivity contribution in [2.24, 2.45) is 0 Å². The third kappa shape index (κ3) is 1.75. The number of allylic oxidation sites excluding steroid dienone is 2. The Kier molecular flexibility index (Phi) is 2.23. The lowest BCUT2D eigenvalue weighted by atomic mass is 9.94. The zero-order valence-corrected chi connectivity index (χ0v) is 7.04. The summed E-state index contributed by atoms with van der Waals surface area (Å²) in [6, 6.07) is 0. The van der Waals surface area contributed by atoms with Crippen molar-refractivity contribution in [1.82, 2.24) is 0 Å². The Bertz CT molecular complexity index is 136. The summed E-state index contributed by atoms with van der Waals surface area (Å²) in [5, 5.41) is 0.633. The molecule has 0 aromatic heterocycles. The molecule has 0 aromatic carbocycles. The van der Waals surface area contributed by atoms with Gasteiger partial charge in [-0.15, -0.1) is 0 Å². The predicted molar refractivity (Wildman–Crippen MR) is 45.0 cm³/mol. The van der Waals surface area contributed by atoms with E-state index in [4.69, 9.17) is 0 Å². The summed E-state index contributed by atoms with van der Waals surface area (Å²) in [6.07, 6.45) is 3.74. The molecule has 0 saturated carbocycles. The molecule has 9 heavy (non-hydrogen) atoms. The van der Waals surface area contributed by atoms with Gasteiger partial charge in [0, 0.05) is 5.25 Å². The Labute approximate surface area is 62.8 Å². The van der Waals surface area contributed by atoms with Crippen molar-refractivity contribution in [3.63, 3.8) is 0 Å². The van der Waals surface area contributed by atoms with Crippen LogP contribution in [0.15, 0.2) is 11.1 Å². The number of hydrogen-bond acceptors (Lipinski definition) is 1. The minimum absolute atomic E-state index is 0.633. The molecule has 0 nitrogen and oxygen atoms in total. The first kappa shape index (κ1) is 7.20. The summed E-state index contributed by atoms with van der Waals surface area (Å²) >= 11 is 4.43. The smallest absolute Gasteiger partial charge is 0.00570 e. The van der Waals surface area contributed by atoms with Gasteiger partial charge in [0.1, 0.15) is 0 Å². The largest absolute Gasteiger partial charge is 0.176 e. The van der Waals surface area contributed by atoms with E-state index in [-0.39, 0.29) is 0 Å². The van der Waals surface area contributed by atoms with Gasteiger partial charge >= 0.3 is 0 Å². The van der Waals surface area contributed by atoms with Crippen molar-refractivity contribution in [2.75, 3.05) is 0 Å². The first-order chi connectivity index (χ1) is 4.20. The third-order valence-corrected chi connectivity index (χ3v) is 2.56. The second kappa shape index (κ2) is 2.78. The monoisotopic (exact) mass is 142 g/mol. The molecule has 0 bridgehead atoms. The van der Waals surface area contributed by atoms with Gasteiger partial charge < -0.3 is 0 Å². The van der Waals surface area contributed by atoms with Gasteiger partial charge in [-0.2, -0.15) is 12.6 Å². The van der Waals surface area contributed by atoms with Gasteiger partial charge in [0.25, 0.3) is 0 Å². The molecule has 0 aliphatic heterocycles. The highest BCUT2D eigenvalue weighted by molar-refractivity contribution is 7.80. The van der Waals surface area contributed by atoms with Crippen molar-refractivity contribution < 1.29 is 0 Å². The number of hydrogen-bond donors (Lipinski definition) is 1. The topological polar surface area (TPSA) is 0 Å². The van der Waals surface area contributed by atoms with Crippen LogP contribution in [-0.2, 0) is 0 Å². The second-order valence-corrected chi connectivity index (χ2v) is 3.69. The molecule has 1 aliphatic rings. The molecule has 0 spiro atoms. The summed E-state index contributed by atoms with van der Waals surface area (Å²) in [5.41, 5.74) is 3.14. The maximum Gasteiger partial charge on any atom is 0.00570 e. The van der Waals surface area contributed by atoms with Gasteiger partial charge in [0.05, 0.1) is 0 Å². The predicted octanol–water partition coefficient (Wildman–Crippen LogP) is 2.81. The molecular weight excluding hydrogens is 128 g/mol. The van der Waals surface area contributed by atoms with E-state index in [1.54, 1.807) is 11.1 Å². The SMILES string of the molecule is CC1=C(C)CC(S)CC1. The van der Waals surface area contributed by atoms with Gasteiger partial charge in [-0.3, -0.25) is 0 Å². The zero-order chi connectivity index (χ0) is 6.85. The molecule has 0 aromatic rings. The van der Waals surface area contributed by atoms with Gasteiger partial charge in [-0.05, 0) is 33.1 Å². The Morgan fingerprint density at radius 2 is 2.00 bits per heavy atom.